The van der Waals surface area contributed by atoms with Crippen LogP contribution in [0.25, 0.3) is 0 Å². The van der Waals surface area contributed by atoms with Crippen molar-refractivity contribution in [3.8, 4) is 0 Å². The van der Waals surface area contributed by atoms with E-state index in [1.165, 1.54) is 0 Å². The van der Waals surface area contributed by atoms with Gasteiger partial charge in [-0.05, 0) is 33.3 Å². The largest absolute Gasteiger partial charge is 0.461 e. The minimum Gasteiger partial charge on any atom is -0.461 e. The van der Waals surface area contributed by atoms with Crippen LogP contribution in [0.1, 0.15) is 46.0 Å². The van der Waals surface area contributed by atoms with E-state index < -0.39 is 18.0 Å². The van der Waals surface area contributed by atoms with Crippen molar-refractivity contribution in [1.82, 2.24) is 9.88 Å². The van der Waals surface area contributed by atoms with Gasteiger partial charge in [0.2, 0.25) is 0 Å². The first-order valence-corrected chi connectivity index (χ1v) is 8.30. The summed E-state index contributed by atoms with van der Waals surface area (Å²) in [7, 11) is 0. The summed E-state index contributed by atoms with van der Waals surface area (Å²) in [5.41, 5.74) is 1.42. The number of aromatic amines is 1. The van der Waals surface area contributed by atoms with Crippen molar-refractivity contribution in [2.75, 3.05) is 32.9 Å². The molecule has 8 heteroatoms. The molecule has 8 nitrogen and oxygen atoms in total. The second kappa shape index (κ2) is 8.15. The van der Waals surface area contributed by atoms with E-state index in [-0.39, 0.29) is 23.8 Å². The van der Waals surface area contributed by atoms with Gasteiger partial charge in [0.05, 0.1) is 25.4 Å². The Labute approximate surface area is 146 Å². The molecule has 1 amide bonds. The zero-order valence-corrected chi connectivity index (χ0v) is 15.0. The summed E-state index contributed by atoms with van der Waals surface area (Å²) < 4.78 is 15.5. The number of nitrogens with one attached hydrogen (secondary N) is 1. The fraction of sp³-hybridized carbons (Fsp3) is 0.588. The highest BCUT2D eigenvalue weighted by Gasteiger charge is 2.29. The molecule has 2 heterocycles. The molecule has 1 fully saturated rings. The van der Waals surface area contributed by atoms with E-state index in [9.17, 15) is 14.4 Å². The highest BCUT2D eigenvalue weighted by Crippen LogP contribution is 2.20. The minimum absolute atomic E-state index is 0.221. The van der Waals surface area contributed by atoms with Gasteiger partial charge in [0.15, 0.2) is 6.10 Å². The quantitative estimate of drug-likeness (QED) is 0.800. The maximum atomic E-state index is 12.5. The van der Waals surface area contributed by atoms with Gasteiger partial charge in [-0.1, -0.05) is 0 Å². The van der Waals surface area contributed by atoms with Crippen molar-refractivity contribution < 1.29 is 28.6 Å². The first-order valence-electron chi connectivity index (χ1n) is 8.30. The molecule has 138 valence electrons. The number of aryl methyl sites for hydroxylation is 1. The molecular weight excluding hydrogens is 328 g/mol. The summed E-state index contributed by atoms with van der Waals surface area (Å²) >= 11 is 0. The number of hydrogen-bond donors (Lipinski definition) is 1. The smallest absolute Gasteiger partial charge is 0.355 e. The van der Waals surface area contributed by atoms with E-state index in [0.717, 1.165) is 0 Å². The molecule has 1 aliphatic heterocycles. The Bertz CT molecular complexity index is 660. The summed E-state index contributed by atoms with van der Waals surface area (Å²) in [6, 6.07) is 0. The maximum absolute atomic E-state index is 12.5. The van der Waals surface area contributed by atoms with Crippen molar-refractivity contribution >= 4 is 17.8 Å². The van der Waals surface area contributed by atoms with Crippen LogP contribution in [0.4, 0.5) is 0 Å². The highest BCUT2D eigenvalue weighted by atomic mass is 16.5. The normalized spacial score (nSPS) is 15.6. The first-order chi connectivity index (χ1) is 11.9. The van der Waals surface area contributed by atoms with Gasteiger partial charge in [-0.25, -0.2) is 9.59 Å². The number of ether oxygens (including phenoxy) is 3. The number of aromatic nitrogens is 1. The van der Waals surface area contributed by atoms with E-state index in [0.29, 0.717) is 37.6 Å². The molecule has 0 bridgehead atoms. The van der Waals surface area contributed by atoms with Gasteiger partial charge >= 0.3 is 11.9 Å². The lowest BCUT2D eigenvalue weighted by molar-refractivity contribution is -0.143. The van der Waals surface area contributed by atoms with Crippen molar-refractivity contribution in [3.63, 3.8) is 0 Å². The Hall–Kier alpha value is -2.35. The fourth-order valence-corrected chi connectivity index (χ4v) is 2.77. The van der Waals surface area contributed by atoms with Crippen molar-refractivity contribution in [3.05, 3.63) is 22.5 Å². The predicted molar refractivity (Wildman–Crippen MR) is 88.5 cm³/mol. The molecule has 1 aromatic heterocycles. The average molecular weight is 352 g/mol. The van der Waals surface area contributed by atoms with Crippen LogP contribution in [0.15, 0.2) is 0 Å². The fourth-order valence-electron chi connectivity index (χ4n) is 2.77. The van der Waals surface area contributed by atoms with Crippen molar-refractivity contribution in [2.24, 2.45) is 0 Å². The van der Waals surface area contributed by atoms with E-state index in [1.54, 1.807) is 32.6 Å². The predicted octanol–water partition coefficient (Wildman–Crippen LogP) is 1.21. The van der Waals surface area contributed by atoms with E-state index >= 15 is 0 Å². The number of rotatable bonds is 5. The van der Waals surface area contributed by atoms with Crippen LogP contribution in [0.5, 0.6) is 0 Å². The minimum atomic E-state index is -0.912. The average Bonchev–Trinajstić information content (AvgIpc) is 2.89. The molecule has 1 saturated heterocycles. The van der Waals surface area contributed by atoms with Gasteiger partial charge < -0.3 is 24.1 Å². The number of carbonyl (C=O) groups excluding carboxylic acids is 3. The highest BCUT2D eigenvalue weighted by molar-refractivity contribution is 5.99. The number of H-pyrrole nitrogens is 1. The molecule has 0 spiro atoms. The lowest BCUT2D eigenvalue weighted by Gasteiger charge is -2.29. The number of morpholine rings is 1. The van der Waals surface area contributed by atoms with Gasteiger partial charge in [0.25, 0.3) is 5.91 Å². The van der Waals surface area contributed by atoms with Crippen molar-refractivity contribution in [1.29, 1.82) is 0 Å². The zero-order chi connectivity index (χ0) is 18.6. The Morgan fingerprint density at radius 1 is 1.20 bits per heavy atom. The van der Waals surface area contributed by atoms with Crippen LogP contribution < -0.4 is 0 Å². The molecule has 0 saturated carbocycles. The van der Waals surface area contributed by atoms with Crippen LogP contribution in [-0.4, -0.2) is 66.7 Å². The van der Waals surface area contributed by atoms with E-state index in [4.69, 9.17) is 14.2 Å². The number of hydrogen-bond acceptors (Lipinski definition) is 6. The van der Waals surface area contributed by atoms with Gasteiger partial charge in [0, 0.05) is 18.8 Å². The first kappa shape index (κ1) is 19.0. The van der Waals surface area contributed by atoms with Gasteiger partial charge in [-0.15, -0.1) is 0 Å². The van der Waals surface area contributed by atoms with Gasteiger partial charge in [-0.2, -0.15) is 0 Å². The molecular formula is C17H24N2O6. The number of carbonyl (C=O) groups is 3. The maximum Gasteiger partial charge on any atom is 0.355 e. The molecule has 1 aromatic rings. The second-order valence-electron chi connectivity index (χ2n) is 5.83. The third kappa shape index (κ3) is 4.19. The monoisotopic (exact) mass is 352 g/mol. The van der Waals surface area contributed by atoms with E-state index in [2.05, 4.69) is 4.98 Å². The van der Waals surface area contributed by atoms with Crippen molar-refractivity contribution in [2.45, 2.75) is 33.8 Å². The standard InChI is InChI=1S/C17H24N2O6/c1-5-24-17(22)14-10(2)13(11(3)18-14)16(21)25-12(4)15(20)19-6-8-23-9-7-19/h12,18H,5-9H2,1-4H3. The third-order valence-electron chi connectivity index (χ3n) is 4.08. The third-order valence-corrected chi connectivity index (χ3v) is 4.08. The van der Waals surface area contributed by atoms with Crippen LogP contribution >= 0.6 is 0 Å². The van der Waals surface area contributed by atoms with Crippen LogP contribution in [-0.2, 0) is 19.0 Å². The molecule has 1 unspecified atom stereocenters. The summed E-state index contributed by atoms with van der Waals surface area (Å²) in [5.74, 6) is -1.43. The molecule has 0 radical (unpaired) electrons. The Morgan fingerprint density at radius 3 is 2.44 bits per heavy atom. The van der Waals surface area contributed by atoms with Gasteiger partial charge in [0.1, 0.15) is 5.69 Å². The number of amides is 1. The Kier molecular flexibility index (Phi) is 6.19. The molecule has 0 aromatic carbocycles. The lowest BCUT2D eigenvalue weighted by Crippen LogP contribution is -2.46. The molecule has 0 aliphatic carbocycles. The number of esters is 2. The van der Waals surface area contributed by atoms with Crippen LogP contribution in [0.3, 0.4) is 0 Å². The summed E-state index contributed by atoms with van der Waals surface area (Å²) in [6.45, 7) is 8.71. The SMILES string of the molecule is CCOC(=O)c1[nH]c(C)c(C(=O)OC(C)C(=O)N2CCOCC2)c1C. The molecule has 1 atom stereocenters. The van der Waals surface area contributed by atoms with Crippen LogP contribution in [0.2, 0.25) is 0 Å². The number of nitrogens with zero attached hydrogens (tertiary/aromatic N) is 1. The summed E-state index contributed by atoms with van der Waals surface area (Å²) in [5, 5.41) is 0. The lowest BCUT2D eigenvalue weighted by atomic mass is 10.1. The molecule has 2 rings (SSSR count). The van der Waals surface area contributed by atoms with Gasteiger partial charge in [-0.3, -0.25) is 4.79 Å². The molecule has 1 aliphatic rings. The second-order valence-corrected chi connectivity index (χ2v) is 5.83. The molecule has 1 N–H and O–H groups in total. The van der Waals surface area contributed by atoms with Crippen LogP contribution in [0, 0.1) is 13.8 Å². The summed E-state index contributed by atoms with van der Waals surface area (Å²) in [4.78, 5) is 41.2. The zero-order valence-electron chi connectivity index (χ0n) is 15.0. The Morgan fingerprint density at radius 2 is 1.84 bits per heavy atom. The Balaban J connectivity index is 2.09. The molecule has 25 heavy (non-hydrogen) atoms. The topological polar surface area (TPSA) is 97.9 Å². The summed E-state index contributed by atoms with van der Waals surface area (Å²) in [6.07, 6.45) is -0.912. The van der Waals surface area contributed by atoms with E-state index in [1.807, 2.05) is 0 Å².